The highest BCUT2D eigenvalue weighted by molar-refractivity contribution is 5.97. The average molecular weight is 317 g/mol. The molecular weight excluding hydrogens is 286 g/mol. The first-order valence-electron chi connectivity index (χ1n) is 8.82. The summed E-state index contributed by atoms with van der Waals surface area (Å²) in [4.78, 5) is 14.7. The summed E-state index contributed by atoms with van der Waals surface area (Å²) in [5.41, 5.74) is 7.37. The van der Waals surface area contributed by atoms with Gasteiger partial charge in [0.15, 0.2) is 0 Å². The van der Waals surface area contributed by atoms with Gasteiger partial charge in [-0.3, -0.25) is 9.69 Å². The van der Waals surface area contributed by atoms with Gasteiger partial charge in [-0.2, -0.15) is 0 Å². The maximum Gasteiger partial charge on any atom is 0.244 e. The lowest BCUT2D eigenvalue weighted by molar-refractivity contribution is -0.120. The summed E-state index contributed by atoms with van der Waals surface area (Å²) >= 11 is 0. The molecule has 0 radical (unpaired) electrons. The molecule has 1 aromatic rings. The van der Waals surface area contributed by atoms with E-state index in [1.165, 1.54) is 31.5 Å². The van der Waals surface area contributed by atoms with Gasteiger partial charge in [-0.05, 0) is 62.9 Å². The topological polar surface area (TPSA) is 58.4 Å². The van der Waals surface area contributed by atoms with Gasteiger partial charge in [-0.25, -0.2) is 0 Å². The third-order valence-electron chi connectivity index (χ3n) is 4.78. The number of nitrogens with zero attached hydrogens (tertiary/aromatic N) is 1. The predicted octanol–water partition coefficient (Wildman–Crippen LogP) is 3.37. The molecule has 0 aliphatic carbocycles. The second kappa shape index (κ2) is 7.93. The largest absolute Gasteiger partial charge is 0.325 e. The number of likely N-dealkylation sites (tertiary alicyclic amines) is 1. The van der Waals surface area contributed by atoms with Gasteiger partial charge in [0.25, 0.3) is 0 Å². The van der Waals surface area contributed by atoms with Crippen LogP contribution in [0.15, 0.2) is 24.3 Å². The molecule has 1 aromatic carbocycles. The fraction of sp³-hybridized carbons (Fsp3) is 0.632. The number of carbonyl (C=O) groups excluding carboxylic acids is 1. The van der Waals surface area contributed by atoms with Crippen LogP contribution in [0, 0.1) is 5.92 Å². The van der Waals surface area contributed by atoms with E-state index in [1.807, 2.05) is 19.1 Å². The van der Waals surface area contributed by atoms with Crippen molar-refractivity contribution in [3.63, 3.8) is 0 Å². The molecule has 1 fully saturated rings. The Morgan fingerprint density at radius 2 is 1.91 bits per heavy atom. The predicted molar refractivity (Wildman–Crippen MR) is 96.2 cm³/mol. The summed E-state index contributed by atoms with van der Waals surface area (Å²) in [7, 11) is 0. The summed E-state index contributed by atoms with van der Waals surface area (Å²) in [6, 6.07) is 8.15. The van der Waals surface area contributed by atoms with Crippen molar-refractivity contribution in [3.8, 4) is 0 Å². The fourth-order valence-electron chi connectivity index (χ4n) is 3.08. The molecule has 4 nitrogen and oxygen atoms in total. The van der Waals surface area contributed by atoms with Crippen LogP contribution < -0.4 is 11.1 Å². The van der Waals surface area contributed by atoms with Crippen LogP contribution in [-0.2, 0) is 11.3 Å². The molecule has 0 aromatic heterocycles. The van der Waals surface area contributed by atoms with E-state index in [1.54, 1.807) is 6.92 Å². The number of rotatable bonds is 6. The van der Waals surface area contributed by atoms with Crippen LogP contribution in [0.3, 0.4) is 0 Å². The maximum absolute atomic E-state index is 12.2. The van der Waals surface area contributed by atoms with Crippen LogP contribution in [0.25, 0.3) is 0 Å². The molecule has 1 aliphatic rings. The van der Waals surface area contributed by atoms with E-state index >= 15 is 0 Å². The van der Waals surface area contributed by atoms with Crippen molar-refractivity contribution < 1.29 is 4.79 Å². The van der Waals surface area contributed by atoms with E-state index in [0.717, 1.165) is 24.6 Å². The third-order valence-corrected chi connectivity index (χ3v) is 4.78. The number of piperidine rings is 1. The molecule has 128 valence electrons. The Kier molecular flexibility index (Phi) is 6.19. The summed E-state index contributed by atoms with van der Waals surface area (Å²) in [5, 5.41) is 2.93. The van der Waals surface area contributed by atoms with Gasteiger partial charge in [0.05, 0.1) is 5.54 Å². The molecule has 0 bridgehead atoms. The molecule has 1 unspecified atom stereocenters. The quantitative estimate of drug-likeness (QED) is 0.845. The van der Waals surface area contributed by atoms with Crippen molar-refractivity contribution in [3.05, 3.63) is 29.8 Å². The van der Waals surface area contributed by atoms with Crippen molar-refractivity contribution in [2.45, 2.75) is 58.5 Å². The first-order valence-corrected chi connectivity index (χ1v) is 8.82. The first kappa shape index (κ1) is 18.0. The van der Waals surface area contributed by atoms with E-state index in [4.69, 9.17) is 5.73 Å². The van der Waals surface area contributed by atoms with Gasteiger partial charge in [-0.15, -0.1) is 0 Å². The number of anilines is 1. The summed E-state index contributed by atoms with van der Waals surface area (Å²) in [5.74, 6) is 0.745. The number of amides is 1. The minimum atomic E-state index is -0.808. The highest BCUT2D eigenvalue weighted by atomic mass is 16.2. The van der Waals surface area contributed by atoms with Crippen LogP contribution in [0.5, 0.6) is 0 Å². The van der Waals surface area contributed by atoms with Crippen LogP contribution >= 0.6 is 0 Å². The van der Waals surface area contributed by atoms with Crippen molar-refractivity contribution in [2.24, 2.45) is 11.7 Å². The van der Waals surface area contributed by atoms with E-state index < -0.39 is 5.54 Å². The van der Waals surface area contributed by atoms with E-state index in [2.05, 4.69) is 29.3 Å². The number of hydrogen-bond donors (Lipinski definition) is 2. The molecule has 1 saturated heterocycles. The Hall–Kier alpha value is -1.39. The number of hydrogen-bond acceptors (Lipinski definition) is 3. The Balaban J connectivity index is 1.88. The summed E-state index contributed by atoms with van der Waals surface area (Å²) < 4.78 is 0. The molecule has 1 heterocycles. The van der Waals surface area contributed by atoms with Crippen molar-refractivity contribution >= 4 is 11.6 Å². The lowest BCUT2D eigenvalue weighted by atomic mass is 9.96. The number of carbonyl (C=O) groups is 1. The lowest BCUT2D eigenvalue weighted by Gasteiger charge is -2.30. The highest BCUT2D eigenvalue weighted by Crippen LogP contribution is 2.19. The van der Waals surface area contributed by atoms with Crippen LogP contribution in [0.2, 0.25) is 0 Å². The summed E-state index contributed by atoms with van der Waals surface area (Å²) in [6.07, 6.45) is 4.17. The van der Waals surface area contributed by atoms with Crippen molar-refractivity contribution in [2.75, 3.05) is 18.4 Å². The van der Waals surface area contributed by atoms with Gasteiger partial charge in [-0.1, -0.05) is 32.4 Å². The molecule has 4 heteroatoms. The zero-order chi connectivity index (χ0) is 16.9. The number of nitrogens with two attached hydrogens (primary N) is 1. The minimum absolute atomic E-state index is 0.114. The Labute approximate surface area is 140 Å². The second-order valence-electron chi connectivity index (χ2n) is 7.28. The van der Waals surface area contributed by atoms with Gasteiger partial charge >= 0.3 is 0 Å². The van der Waals surface area contributed by atoms with Crippen molar-refractivity contribution in [1.29, 1.82) is 0 Å². The number of nitrogens with one attached hydrogen (secondary N) is 1. The standard InChI is InChI=1S/C19H31N3O/c1-4-11-19(3,20)18(23)21-17-7-5-16(6-8-17)14-22-12-9-15(2)10-13-22/h5-8,15H,4,9-14,20H2,1-3H3,(H,21,23). The smallest absolute Gasteiger partial charge is 0.244 e. The third kappa shape index (κ3) is 5.33. The molecule has 23 heavy (non-hydrogen) atoms. The zero-order valence-electron chi connectivity index (χ0n) is 14.8. The van der Waals surface area contributed by atoms with Gasteiger partial charge in [0.2, 0.25) is 5.91 Å². The van der Waals surface area contributed by atoms with E-state index in [-0.39, 0.29) is 5.91 Å². The molecule has 0 saturated carbocycles. The van der Waals surface area contributed by atoms with Gasteiger partial charge in [0.1, 0.15) is 0 Å². The van der Waals surface area contributed by atoms with Crippen LogP contribution in [0.4, 0.5) is 5.69 Å². The summed E-state index contributed by atoms with van der Waals surface area (Å²) in [6.45, 7) is 9.51. The Morgan fingerprint density at radius 3 is 2.48 bits per heavy atom. The van der Waals surface area contributed by atoms with Crippen LogP contribution in [0.1, 0.15) is 52.0 Å². The molecule has 1 atom stereocenters. The van der Waals surface area contributed by atoms with Gasteiger partial charge < -0.3 is 11.1 Å². The minimum Gasteiger partial charge on any atom is -0.325 e. The molecule has 2 rings (SSSR count). The normalized spacial score (nSPS) is 19.3. The Morgan fingerprint density at radius 1 is 1.30 bits per heavy atom. The molecule has 0 spiro atoms. The maximum atomic E-state index is 12.2. The number of benzene rings is 1. The van der Waals surface area contributed by atoms with E-state index in [0.29, 0.717) is 6.42 Å². The molecular formula is C19H31N3O. The second-order valence-corrected chi connectivity index (χ2v) is 7.28. The average Bonchev–Trinajstić information content (AvgIpc) is 2.51. The molecule has 3 N–H and O–H groups in total. The zero-order valence-corrected chi connectivity index (χ0v) is 14.8. The Bertz CT molecular complexity index is 502. The van der Waals surface area contributed by atoms with Crippen molar-refractivity contribution in [1.82, 2.24) is 4.90 Å². The molecule has 1 amide bonds. The first-order chi connectivity index (χ1) is 10.9. The monoisotopic (exact) mass is 317 g/mol. The van der Waals surface area contributed by atoms with Crippen LogP contribution in [-0.4, -0.2) is 29.4 Å². The fourth-order valence-corrected chi connectivity index (χ4v) is 3.08. The highest BCUT2D eigenvalue weighted by Gasteiger charge is 2.27. The lowest BCUT2D eigenvalue weighted by Crippen LogP contribution is -2.48. The molecule has 1 aliphatic heterocycles. The van der Waals surface area contributed by atoms with Gasteiger partial charge in [0, 0.05) is 12.2 Å². The van der Waals surface area contributed by atoms with E-state index in [9.17, 15) is 4.79 Å². The SMILES string of the molecule is CCCC(C)(N)C(=O)Nc1ccc(CN2CCC(C)CC2)cc1.